The van der Waals surface area contributed by atoms with E-state index in [0.717, 1.165) is 12.8 Å². The molecule has 1 amide bonds. The van der Waals surface area contributed by atoms with Crippen molar-refractivity contribution in [3.05, 3.63) is 59.7 Å². The predicted octanol–water partition coefficient (Wildman–Crippen LogP) is 3.87. The summed E-state index contributed by atoms with van der Waals surface area (Å²) in [6.45, 7) is 0.576. The normalized spacial score (nSPS) is 16.1. The molecule has 0 unspecified atom stereocenters. The zero-order valence-electron chi connectivity index (χ0n) is 16.1. The van der Waals surface area contributed by atoms with Crippen LogP contribution in [0.4, 0.5) is 4.39 Å². The quantitative estimate of drug-likeness (QED) is 0.650. The first-order chi connectivity index (χ1) is 14.1. The number of amides is 1. The van der Waals surface area contributed by atoms with Gasteiger partial charge in [0.25, 0.3) is 5.91 Å². The third kappa shape index (κ3) is 3.65. The lowest BCUT2D eigenvalue weighted by molar-refractivity contribution is 0.0706. The summed E-state index contributed by atoms with van der Waals surface area (Å²) in [5, 5.41) is 4.00. The van der Waals surface area contributed by atoms with Crippen LogP contribution in [0.2, 0.25) is 0 Å². The molecule has 2 heterocycles. The highest BCUT2D eigenvalue weighted by Crippen LogP contribution is 2.35. The van der Waals surface area contributed by atoms with Crippen molar-refractivity contribution in [2.24, 2.45) is 0 Å². The number of nitrogens with zero attached hydrogens (tertiary/aromatic N) is 3. The number of carbonyl (C=O) groups excluding carboxylic acids is 1. The molecule has 1 atom stereocenters. The fourth-order valence-corrected chi connectivity index (χ4v) is 3.48. The van der Waals surface area contributed by atoms with Crippen LogP contribution in [0.25, 0.3) is 11.4 Å². The number of ether oxygens (including phenoxy) is 2. The average molecular weight is 397 g/mol. The van der Waals surface area contributed by atoms with Crippen molar-refractivity contribution >= 4 is 5.91 Å². The molecule has 1 aliphatic heterocycles. The molecular weight excluding hydrogens is 377 g/mol. The summed E-state index contributed by atoms with van der Waals surface area (Å²) in [6.07, 6.45) is 1.54. The number of carbonyl (C=O) groups is 1. The van der Waals surface area contributed by atoms with Crippen LogP contribution in [-0.2, 0) is 0 Å². The van der Waals surface area contributed by atoms with E-state index in [0.29, 0.717) is 40.9 Å². The SMILES string of the molecule is COc1ccc(C(=O)N2CCC[C@H]2c2nc(-c3ccc(F)cc3)no2)c(OC)c1. The van der Waals surface area contributed by atoms with E-state index in [1.807, 2.05) is 0 Å². The van der Waals surface area contributed by atoms with Crippen molar-refractivity contribution in [3.8, 4) is 22.9 Å². The molecule has 2 aromatic carbocycles. The van der Waals surface area contributed by atoms with Crippen LogP contribution in [0, 0.1) is 5.82 Å². The van der Waals surface area contributed by atoms with Gasteiger partial charge in [0.05, 0.1) is 19.8 Å². The maximum atomic E-state index is 13.2. The van der Waals surface area contributed by atoms with Crippen molar-refractivity contribution in [2.75, 3.05) is 20.8 Å². The Morgan fingerprint density at radius 1 is 1.17 bits per heavy atom. The summed E-state index contributed by atoms with van der Waals surface area (Å²) in [6, 6.07) is 10.6. The summed E-state index contributed by atoms with van der Waals surface area (Å²) < 4.78 is 29.1. The minimum atomic E-state index is -0.335. The highest BCUT2D eigenvalue weighted by molar-refractivity contribution is 5.97. The van der Waals surface area contributed by atoms with Crippen molar-refractivity contribution in [3.63, 3.8) is 0 Å². The van der Waals surface area contributed by atoms with Gasteiger partial charge >= 0.3 is 0 Å². The van der Waals surface area contributed by atoms with Gasteiger partial charge in [0.1, 0.15) is 23.4 Å². The summed E-state index contributed by atoms with van der Waals surface area (Å²) in [7, 11) is 3.07. The second kappa shape index (κ2) is 7.90. The Labute approximate surface area is 167 Å². The fraction of sp³-hybridized carbons (Fsp3) is 0.286. The van der Waals surface area contributed by atoms with Gasteiger partial charge in [0, 0.05) is 18.2 Å². The number of likely N-dealkylation sites (tertiary alicyclic amines) is 1. The minimum absolute atomic E-state index is 0.173. The number of aromatic nitrogens is 2. The Hall–Kier alpha value is -3.42. The molecule has 29 heavy (non-hydrogen) atoms. The number of benzene rings is 2. The molecule has 4 rings (SSSR count). The third-order valence-electron chi connectivity index (χ3n) is 4.98. The topological polar surface area (TPSA) is 77.7 Å². The maximum absolute atomic E-state index is 13.2. The van der Waals surface area contributed by atoms with E-state index in [2.05, 4.69) is 10.1 Å². The lowest BCUT2D eigenvalue weighted by Crippen LogP contribution is -2.31. The molecule has 1 aliphatic rings. The summed E-state index contributed by atoms with van der Waals surface area (Å²) in [4.78, 5) is 19.4. The molecule has 0 saturated carbocycles. The molecule has 1 saturated heterocycles. The van der Waals surface area contributed by atoms with E-state index < -0.39 is 0 Å². The first kappa shape index (κ1) is 18.9. The summed E-state index contributed by atoms with van der Waals surface area (Å²) in [5.41, 5.74) is 1.09. The molecule has 0 spiro atoms. The lowest BCUT2D eigenvalue weighted by Gasteiger charge is -2.23. The van der Waals surface area contributed by atoms with Gasteiger partial charge in [0.2, 0.25) is 11.7 Å². The van der Waals surface area contributed by atoms with Crippen LogP contribution in [0.5, 0.6) is 11.5 Å². The van der Waals surface area contributed by atoms with Crippen molar-refractivity contribution < 1.29 is 23.2 Å². The molecule has 7 nitrogen and oxygen atoms in total. The molecule has 0 radical (unpaired) electrons. The standard InChI is InChI=1S/C21H20FN3O4/c1-27-15-9-10-16(18(12-15)28-2)21(26)25-11-3-4-17(25)20-23-19(24-29-20)13-5-7-14(22)8-6-13/h5-10,12,17H,3-4,11H2,1-2H3/t17-/m0/s1. The van der Waals surface area contributed by atoms with E-state index in [9.17, 15) is 9.18 Å². The van der Waals surface area contributed by atoms with Crippen molar-refractivity contribution in [2.45, 2.75) is 18.9 Å². The Kier molecular flexibility index (Phi) is 5.16. The molecule has 1 fully saturated rings. The lowest BCUT2D eigenvalue weighted by atomic mass is 10.1. The highest BCUT2D eigenvalue weighted by Gasteiger charge is 2.35. The molecule has 150 valence electrons. The predicted molar refractivity (Wildman–Crippen MR) is 102 cm³/mol. The number of methoxy groups -OCH3 is 2. The second-order valence-electron chi connectivity index (χ2n) is 6.69. The van der Waals surface area contributed by atoms with E-state index in [1.54, 1.807) is 42.3 Å². The van der Waals surface area contributed by atoms with Crippen LogP contribution in [0.3, 0.4) is 0 Å². The number of hydrogen-bond donors (Lipinski definition) is 0. The Morgan fingerprint density at radius 2 is 1.97 bits per heavy atom. The number of rotatable bonds is 5. The average Bonchev–Trinajstić information content (AvgIpc) is 3.42. The molecule has 0 N–H and O–H groups in total. The van der Waals surface area contributed by atoms with Gasteiger partial charge in [-0.25, -0.2) is 4.39 Å². The summed E-state index contributed by atoms with van der Waals surface area (Å²) >= 11 is 0. The van der Waals surface area contributed by atoms with Crippen LogP contribution >= 0.6 is 0 Å². The molecule has 1 aromatic heterocycles. The van der Waals surface area contributed by atoms with Gasteiger partial charge in [-0.15, -0.1) is 0 Å². The Balaban J connectivity index is 1.60. The zero-order valence-corrected chi connectivity index (χ0v) is 16.1. The second-order valence-corrected chi connectivity index (χ2v) is 6.69. The first-order valence-corrected chi connectivity index (χ1v) is 9.23. The molecule has 0 aliphatic carbocycles. The van der Waals surface area contributed by atoms with Crippen LogP contribution < -0.4 is 9.47 Å². The van der Waals surface area contributed by atoms with Gasteiger partial charge in [0.15, 0.2) is 0 Å². The molecule has 3 aromatic rings. The van der Waals surface area contributed by atoms with Gasteiger partial charge in [-0.1, -0.05) is 5.16 Å². The van der Waals surface area contributed by atoms with Gasteiger partial charge < -0.3 is 18.9 Å². The molecule has 0 bridgehead atoms. The molecule has 8 heteroatoms. The minimum Gasteiger partial charge on any atom is -0.497 e. The summed E-state index contributed by atoms with van der Waals surface area (Å²) in [5.74, 6) is 1.27. The fourth-order valence-electron chi connectivity index (χ4n) is 3.48. The number of halogens is 1. The Bertz CT molecular complexity index is 1020. The van der Waals surface area contributed by atoms with Crippen LogP contribution in [0.1, 0.15) is 35.1 Å². The van der Waals surface area contributed by atoms with E-state index in [-0.39, 0.29) is 17.8 Å². The zero-order chi connectivity index (χ0) is 20.4. The smallest absolute Gasteiger partial charge is 0.258 e. The van der Waals surface area contributed by atoms with Gasteiger partial charge in [-0.2, -0.15) is 4.98 Å². The monoisotopic (exact) mass is 397 g/mol. The van der Waals surface area contributed by atoms with Crippen LogP contribution in [-0.4, -0.2) is 41.7 Å². The third-order valence-corrected chi connectivity index (χ3v) is 4.98. The largest absolute Gasteiger partial charge is 0.497 e. The van der Waals surface area contributed by atoms with Gasteiger partial charge in [-0.05, 0) is 49.2 Å². The van der Waals surface area contributed by atoms with Crippen LogP contribution in [0.15, 0.2) is 47.0 Å². The highest BCUT2D eigenvalue weighted by atomic mass is 19.1. The van der Waals surface area contributed by atoms with E-state index in [4.69, 9.17) is 14.0 Å². The number of hydrogen-bond acceptors (Lipinski definition) is 6. The maximum Gasteiger partial charge on any atom is 0.258 e. The van der Waals surface area contributed by atoms with E-state index >= 15 is 0 Å². The first-order valence-electron chi connectivity index (χ1n) is 9.23. The molecular formula is C21H20FN3O4. The van der Waals surface area contributed by atoms with Crippen molar-refractivity contribution in [1.29, 1.82) is 0 Å². The Morgan fingerprint density at radius 3 is 2.69 bits per heavy atom. The van der Waals surface area contributed by atoms with Gasteiger partial charge in [-0.3, -0.25) is 4.79 Å². The van der Waals surface area contributed by atoms with Crippen molar-refractivity contribution in [1.82, 2.24) is 15.0 Å². The van der Waals surface area contributed by atoms with E-state index in [1.165, 1.54) is 19.2 Å².